The average molecular weight is 485 g/mol. The molecule has 0 amide bonds. The molecule has 20 heteroatoms. The fraction of sp³-hybridized carbons (Fsp3) is 1.00. The monoisotopic (exact) mass is 484 g/mol. The second-order valence-electron chi connectivity index (χ2n) is 4.46. The topological polar surface area (TPSA) is 38.7 Å². The van der Waals surface area contributed by atoms with Crippen molar-refractivity contribution in [2.45, 2.75) is 47.8 Å². The van der Waals surface area contributed by atoms with Crippen LogP contribution in [0.2, 0.25) is 0 Å². The zero-order valence-corrected chi connectivity index (χ0v) is 12.4. The third-order valence-corrected chi connectivity index (χ3v) is 2.78. The lowest BCUT2D eigenvalue weighted by Gasteiger charge is -2.39. The summed E-state index contributed by atoms with van der Waals surface area (Å²) in [4.78, 5) is 0. The van der Waals surface area contributed by atoms with Crippen LogP contribution < -0.4 is 0 Å². The van der Waals surface area contributed by atoms with Crippen LogP contribution in [0.1, 0.15) is 0 Å². The largest absolute Gasteiger partial charge is 0.477 e. The lowest BCUT2D eigenvalue weighted by Crippen LogP contribution is -2.66. The molecule has 0 saturated carbocycles. The van der Waals surface area contributed by atoms with Gasteiger partial charge in [0, 0.05) is 0 Å². The molecule has 0 heterocycles. The van der Waals surface area contributed by atoms with Gasteiger partial charge in [0.05, 0.1) is 0 Å². The Labute approximate surface area is 145 Å². The van der Waals surface area contributed by atoms with Crippen molar-refractivity contribution in [1.82, 2.24) is 0 Å². The molecule has 0 saturated heterocycles. The van der Waals surface area contributed by atoms with Gasteiger partial charge >= 0.3 is 47.8 Å². The molecule has 3 atom stereocenters. The highest BCUT2D eigenvalue weighted by Crippen LogP contribution is 2.56. The summed E-state index contributed by atoms with van der Waals surface area (Å²) in [6, 6.07) is -6.98. The molecule has 170 valence electrons. The predicted molar refractivity (Wildman–Crippen MR) is 49.8 cm³/mol. The molecule has 0 aliphatic carbocycles. The maximum absolute atomic E-state index is 13.4. The van der Waals surface area contributed by atoms with E-state index in [0.717, 1.165) is 0 Å². The van der Waals surface area contributed by atoms with E-state index in [2.05, 4.69) is 11.6 Å². The number of aliphatic hydroxyl groups is 1. The van der Waals surface area contributed by atoms with Gasteiger partial charge in [-0.25, -0.2) is 9.13 Å². The van der Waals surface area contributed by atoms with Gasteiger partial charge in [0.25, 0.3) is 0 Å². The van der Waals surface area contributed by atoms with Gasteiger partial charge in [0.1, 0.15) is 0 Å². The van der Waals surface area contributed by atoms with Crippen LogP contribution in [0.4, 0.5) is 70.2 Å². The van der Waals surface area contributed by atoms with E-state index in [-0.39, 0.29) is 0 Å². The van der Waals surface area contributed by atoms with E-state index in [1.807, 2.05) is 0 Å². The molecule has 3 unspecified atom stereocenters. The Hall–Kier alpha value is -0.950. The minimum Gasteiger partial charge on any atom is -0.332 e. The SMILES string of the molecule is OC(F)(OC(F)(C(F)(F)F)C(F)(F)OC(F)(F)C(F)(Cl)C(F)(F)F)C(F)(F)F. The van der Waals surface area contributed by atoms with E-state index in [1.54, 1.807) is 0 Å². The molecule has 0 aliphatic rings. The first-order valence-corrected chi connectivity index (χ1v) is 5.88. The fourth-order valence-corrected chi connectivity index (χ4v) is 1.02. The lowest BCUT2D eigenvalue weighted by atomic mass is 10.2. The number of alkyl halides is 17. The van der Waals surface area contributed by atoms with Gasteiger partial charge < -0.3 is 5.11 Å². The molecule has 0 fully saturated rings. The van der Waals surface area contributed by atoms with Crippen molar-refractivity contribution in [1.29, 1.82) is 0 Å². The Kier molecular flexibility index (Phi) is 6.56. The van der Waals surface area contributed by atoms with Crippen LogP contribution in [-0.2, 0) is 9.47 Å². The second kappa shape index (κ2) is 6.79. The highest BCUT2D eigenvalue weighted by atomic mass is 35.5. The number of ether oxygens (including phenoxy) is 2. The summed E-state index contributed by atoms with van der Waals surface area (Å²) in [5, 5.41) is 1.10. The predicted octanol–water partition coefficient (Wildman–Crippen LogP) is 5.08. The molecule has 3 nitrogen and oxygen atoms in total. The van der Waals surface area contributed by atoms with E-state index in [1.165, 1.54) is 9.47 Å². The van der Waals surface area contributed by atoms with E-state index < -0.39 is 47.8 Å². The normalized spacial score (nSPS) is 21.6. The standard InChI is InChI=1S/C8HClF16O3/c9-1(10,3(12,13)14)6(21,22)28-7(23,24)2(11,4(15,16)17)27-8(25,26)5(18,19)20/h26H. The van der Waals surface area contributed by atoms with Crippen LogP contribution in [-0.4, -0.2) is 52.9 Å². The van der Waals surface area contributed by atoms with Gasteiger partial charge in [0.2, 0.25) is 0 Å². The van der Waals surface area contributed by atoms with Gasteiger partial charge in [-0.1, -0.05) is 11.6 Å². The smallest absolute Gasteiger partial charge is 0.332 e. The Bertz CT molecular complexity index is 562. The third kappa shape index (κ3) is 4.61. The average Bonchev–Trinajstić information content (AvgIpc) is 2.31. The highest BCUT2D eigenvalue weighted by Gasteiger charge is 2.83. The summed E-state index contributed by atoms with van der Waals surface area (Å²) in [5.74, 6) is -7.75. The van der Waals surface area contributed by atoms with Crippen LogP contribution in [0.15, 0.2) is 0 Å². The minimum atomic E-state index is -7.77. The number of hydrogen-bond acceptors (Lipinski definition) is 3. The van der Waals surface area contributed by atoms with Crippen molar-refractivity contribution in [2.75, 3.05) is 0 Å². The van der Waals surface area contributed by atoms with Gasteiger partial charge in [-0.2, -0.15) is 65.9 Å². The van der Waals surface area contributed by atoms with Crippen LogP contribution >= 0.6 is 11.6 Å². The van der Waals surface area contributed by atoms with Gasteiger partial charge in [-0.05, 0) is 0 Å². The summed E-state index contributed by atoms with van der Waals surface area (Å²) in [7, 11) is 0. The van der Waals surface area contributed by atoms with Crippen LogP contribution in [0.5, 0.6) is 0 Å². The number of hydrogen-bond donors (Lipinski definition) is 1. The number of halogens is 17. The van der Waals surface area contributed by atoms with E-state index >= 15 is 0 Å². The van der Waals surface area contributed by atoms with Crippen LogP contribution in [0.25, 0.3) is 0 Å². The van der Waals surface area contributed by atoms with E-state index in [9.17, 15) is 70.2 Å². The zero-order chi connectivity index (χ0) is 23.4. The maximum atomic E-state index is 13.4. The minimum absolute atomic E-state index is 1.41. The highest BCUT2D eigenvalue weighted by molar-refractivity contribution is 6.24. The molecule has 1 N–H and O–H groups in total. The van der Waals surface area contributed by atoms with Gasteiger partial charge in [0.15, 0.2) is 0 Å². The summed E-state index contributed by atoms with van der Waals surface area (Å²) < 4.78 is 202. The molecule has 0 bridgehead atoms. The van der Waals surface area contributed by atoms with Gasteiger partial charge in [-0.15, -0.1) is 0 Å². The van der Waals surface area contributed by atoms with Crippen molar-refractivity contribution in [3.05, 3.63) is 0 Å². The van der Waals surface area contributed by atoms with E-state index in [0.29, 0.717) is 0 Å². The molecule has 0 aliphatic heterocycles. The summed E-state index contributed by atoms with van der Waals surface area (Å²) >= 11 is 3.53. The van der Waals surface area contributed by atoms with Crippen molar-refractivity contribution in [3.8, 4) is 0 Å². The molecule has 28 heavy (non-hydrogen) atoms. The van der Waals surface area contributed by atoms with Crippen LogP contribution in [0, 0.1) is 0 Å². The quantitative estimate of drug-likeness (QED) is 0.325. The molecule has 0 rings (SSSR count). The Morgan fingerprint density at radius 3 is 1.11 bits per heavy atom. The summed E-state index contributed by atoms with van der Waals surface area (Å²) in [6.07, 6.45) is -37.0. The summed E-state index contributed by atoms with van der Waals surface area (Å²) in [5.41, 5.74) is 0. The first kappa shape index (κ1) is 27.0. The number of rotatable bonds is 6. The molecule has 0 spiro atoms. The van der Waals surface area contributed by atoms with Crippen molar-refractivity contribution in [2.24, 2.45) is 0 Å². The second-order valence-corrected chi connectivity index (χ2v) is 4.98. The molecule has 0 aromatic carbocycles. The zero-order valence-electron chi connectivity index (χ0n) is 11.7. The van der Waals surface area contributed by atoms with Crippen molar-refractivity contribution < 1.29 is 84.8 Å². The maximum Gasteiger partial charge on any atom is 0.477 e. The third-order valence-electron chi connectivity index (χ3n) is 2.34. The Balaban J connectivity index is 6.34. The molecular formula is C8HClF16O3. The van der Waals surface area contributed by atoms with Gasteiger partial charge in [-0.3, -0.25) is 4.74 Å². The molecular weight excluding hydrogens is 484 g/mol. The Morgan fingerprint density at radius 2 is 0.857 bits per heavy atom. The first-order chi connectivity index (χ1) is 11.7. The summed E-state index contributed by atoms with van der Waals surface area (Å²) in [6.45, 7) is 0. The van der Waals surface area contributed by atoms with Crippen molar-refractivity contribution >= 4 is 11.6 Å². The van der Waals surface area contributed by atoms with Crippen molar-refractivity contribution in [3.63, 3.8) is 0 Å². The lowest BCUT2D eigenvalue weighted by molar-refractivity contribution is -0.562. The first-order valence-electron chi connectivity index (χ1n) is 5.50. The van der Waals surface area contributed by atoms with Crippen LogP contribution in [0.3, 0.4) is 0 Å². The Morgan fingerprint density at radius 1 is 0.500 bits per heavy atom. The molecule has 0 aromatic rings. The molecule has 0 aromatic heterocycles. The van der Waals surface area contributed by atoms with E-state index in [4.69, 9.17) is 5.11 Å². The molecule has 0 radical (unpaired) electrons. The fourth-order valence-electron chi connectivity index (χ4n) is 0.982.